The van der Waals surface area contributed by atoms with E-state index in [-0.39, 0.29) is 17.9 Å². The second-order valence-electron chi connectivity index (χ2n) is 7.34. The molecule has 1 heterocycles. The van der Waals surface area contributed by atoms with E-state index < -0.39 is 0 Å². The molecular weight excluding hydrogens is 326 g/mol. The summed E-state index contributed by atoms with van der Waals surface area (Å²) in [5, 5.41) is 11.0. The van der Waals surface area contributed by atoms with E-state index in [2.05, 4.69) is 36.2 Å². The van der Waals surface area contributed by atoms with Crippen molar-refractivity contribution in [3.8, 4) is 11.5 Å². The van der Waals surface area contributed by atoms with Crippen molar-refractivity contribution in [1.82, 2.24) is 4.90 Å². The van der Waals surface area contributed by atoms with E-state index in [1.54, 1.807) is 14.2 Å². The van der Waals surface area contributed by atoms with Crippen LogP contribution in [0.1, 0.15) is 11.1 Å². The Morgan fingerprint density at radius 1 is 0.808 bits per heavy atom. The van der Waals surface area contributed by atoms with Crippen LogP contribution in [0.3, 0.4) is 0 Å². The van der Waals surface area contributed by atoms with Crippen molar-refractivity contribution in [3.05, 3.63) is 59.7 Å². The van der Waals surface area contributed by atoms with E-state index in [1.165, 1.54) is 11.1 Å². The molecule has 4 heteroatoms. The number of benzene rings is 2. The molecule has 0 bridgehead atoms. The highest BCUT2D eigenvalue weighted by Gasteiger charge is 2.34. The highest BCUT2D eigenvalue weighted by Crippen LogP contribution is 2.28. The zero-order valence-electron chi connectivity index (χ0n) is 15.9. The Labute approximate surface area is 156 Å². The number of nitrogens with zero attached hydrogens (tertiary/aromatic N) is 1. The first-order valence-corrected chi connectivity index (χ1v) is 9.21. The molecule has 1 aliphatic rings. The van der Waals surface area contributed by atoms with Crippen LogP contribution in [-0.2, 0) is 12.8 Å². The summed E-state index contributed by atoms with van der Waals surface area (Å²) in [6, 6.07) is 16.3. The van der Waals surface area contributed by atoms with Crippen LogP contribution in [0.4, 0.5) is 0 Å². The molecule has 2 aromatic rings. The van der Waals surface area contributed by atoms with Gasteiger partial charge in [0.2, 0.25) is 0 Å². The van der Waals surface area contributed by atoms with Crippen molar-refractivity contribution in [2.75, 3.05) is 34.4 Å². The number of aliphatic hydroxyl groups is 1. The molecule has 0 saturated carbocycles. The van der Waals surface area contributed by atoms with Gasteiger partial charge in [-0.1, -0.05) is 24.3 Å². The van der Waals surface area contributed by atoms with Crippen LogP contribution in [-0.4, -0.2) is 50.5 Å². The van der Waals surface area contributed by atoms with Gasteiger partial charge in [-0.3, -0.25) is 0 Å². The lowest BCUT2D eigenvalue weighted by molar-refractivity contribution is -0.0134. The average molecular weight is 355 g/mol. The van der Waals surface area contributed by atoms with E-state index in [0.29, 0.717) is 0 Å². The Bertz CT molecular complexity index is 624. The summed E-state index contributed by atoms with van der Waals surface area (Å²) in [7, 11) is 5.51. The van der Waals surface area contributed by atoms with E-state index in [0.717, 1.165) is 37.4 Å². The lowest BCUT2D eigenvalue weighted by Gasteiger charge is -2.40. The topological polar surface area (TPSA) is 41.9 Å². The molecule has 3 atom stereocenters. The van der Waals surface area contributed by atoms with Crippen LogP contribution in [0.2, 0.25) is 0 Å². The minimum Gasteiger partial charge on any atom is -0.497 e. The summed E-state index contributed by atoms with van der Waals surface area (Å²) >= 11 is 0. The van der Waals surface area contributed by atoms with Crippen LogP contribution >= 0.6 is 0 Å². The molecule has 140 valence electrons. The molecule has 4 nitrogen and oxygen atoms in total. The van der Waals surface area contributed by atoms with E-state index >= 15 is 0 Å². The third-order valence-electron chi connectivity index (χ3n) is 5.37. The molecule has 1 N–H and O–H groups in total. The summed E-state index contributed by atoms with van der Waals surface area (Å²) in [6.45, 7) is 1.85. The second-order valence-corrected chi connectivity index (χ2v) is 7.34. The number of piperidine rings is 1. The smallest absolute Gasteiger partial charge is 0.118 e. The number of hydrogen-bond donors (Lipinski definition) is 1. The second kappa shape index (κ2) is 8.56. The van der Waals surface area contributed by atoms with Crippen molar-refractivity contribution in [2.45, 2.75) is 18.9 Å². The number of methoxy groups -OCH3 is 2. The maximum Gasteiger partial charge on any atom is 0.118 e. The fourth-order valence-electron chi connectivity index (χ4n) is 3.98. The maximum absolute atomic E-state index is 11.0. The zero-order chi connectivity index (χ0) is 18.5. The molecule has 0 aromatic heterocycles. The van der Waals surface area contributed by atoms with Gasteiger partial charge >= 0.3 is 0 Å². The molecule has 0 radical (unpaired) electrons. The molecule has 1 fully saturated rings. The Balaban J connectivity index is 1.67. The first-order valence-electron chi connectivity index (χ1n) is 9.21. The summed E-state index contributed by atoms with van der Waals surface area (Å²) in [6.07, 6.45) is 1.47. The molecule has 26 heavy (non-hydrogen) atoms. The molecule has 1 unspecified atom stereocenters. The zero-order valence-corrected chi connectivity index (χ0v) is 15.9. The number of hydrogen-bond acceptors (Lipinski definition) is 4. The predicted octanol–water partition coefficient (Wildman–Crippen LogP) is 3.03. The molecule has 0 spiro atoms. The van der Waals surface area contributed by atoms with Gasteiger partial charge in [0.1, 0.15) is 11.5 Å². The highest BCUT2D eigenvalue weighted by molar-refractivity contribution is 5.29. The molecule has 1 saturated heterocycles. The van der Waals surface area contributed by atoms with Crippen molar-refractivity contribution >= 4 is 0 Å². The molecule has 0 amide bonds. The van der Waals surface area contributed by atoms with Crippen LogP contribution in [0.5, 0.6) is 11.5 Å². The fraction of sp³-hybridized carbons (Fsp3) is 0.455. The summed E-state index contributed by atoms with van der Waals surface area (Å²) in [5.74, 6) is 2.22. The van der Waals surface area contributed by atoms with Crippen LogP contribution in [0.15, 0.2) is 48.5 Å². The lowest BCUT2D eigenvalue weighted by Crippen LogP contribution is -2.49. The van der Waals surface area contributed by atoms with Crippen molar-refractivity contribution < 1.29 is 14.6 Å². The summed E-state index contributed by atoms with van der Waals surface area (Å²) < 4.78 is 10.5. The first kappa shape index (κ1) is 18.7. The minimum absolute atomic E-state index is 0.241. The van der Waals surface area contributed by atoms with E-state index in [4.69, 9.17) is 9.47 Å². The molecule has 3 rings (SSSR count). The quantitative estimate of drug-likeness (QED) is 0.865. The number of likely N-dealkylation sites (tertiary alicyclic amines) is 1. The lowest BCUT2D eigenvalue weighted by atomic mass is 9.80. The maximum atomic E-state index is 11.0. The van der Waals surface area contributed by atoms with Crippen molar-refractivity contribution in [1.29, 1.82) is 0 Å². The summed E-state index contributed by atoms with van der Waals surface area (Å²) in [5.41, 5.74) is 2.49. The largest absolute Gasteiger partial charge is 0.497 e. The van der Waals surface area contributed by atoms with Gasteiger partial charge in [-0.15, -0.1) is 0 Å². The van der Waals surface area contributed by atoms with E-state index in [9.17, 15) is 5.11 Å². The van der Waals surface area contributed by atoms with E-state index in [1.807, 2.05) is 24.3 Å². The SMILES string of the molecule is COc1ccc(C[C@@H]2CN(C)C[C@H](Cc3ccc(OC)cc3)C2O)cc1. The van der Waals surface area contributed by atoms with Gasteiger partial charge in [-0.05, 0) is 55.3 Å². The van der Waals surface area contributed by atoms with Gasteiger partial charge in [0.25, 0.3) is 0 Å². The third-order valence-corrected chi connectivity index (χ3v) is 5.37. The first-order chi connectivity index (χ1) is 12.6. The fourth-order valence-corrected chi connectivity index (χ4v) is 3.98. The molecule has 0 aliphatic carbocycles. The van der Waals surface area contributed by atoms with Crippen LogP contribution in [0, 0.1) is 11.8 Å². The Hall–Kier alpha value is -2.04. The highest BCUT2D eigenvalue weighted by atomic mass is 16.5. The predicted molar refractivity (Wildman–Crippen MR) is 104 cm³/mol. The summed E-state index contributed by atoms with van der Waals surface area (Å²) in [4.78, 5) is 2.34. The van der Waals surface area contributed by atoms with Crippen molar-refractivity contribution in [3.63, 3.8) is 0 Å². The van der Waals surface area contributed by atoms with Gasteiger partial charge < -0.3 is 19.5 Å². The monoisotopic (exact) mass is 355 g/mol. The number of rotatable bonds is 6. The minimum atomic E-state index is -0.296. The van der Waals surface area contributed by atoms with Gasteiger partial charge in [-0.25, -0.2) is 0 Å². The van der Waals surface area contributed by atoms with Gasteiger partial charge in [0.15, 0.2) is 0 Å². The Kier molecular flexibility index (Phi) is 6.17. The molecular formula is C22H29NO3. The van der Waals surface area contributed by atoms with Crippen molar-refractivity contribution in [2.24, 2.45) is 11.8 Å². The number of ether oxygens (including phenoxy) is 2. The van der Waals surface area contributed by atoms with Gasteiger partial charge in [0, 0.05) is 24.9 Å². The average Bonchev–Trinajstić information content (AvgIpc) is 2.66. The third kappa shape index (κ3) is 4.57. The number of aliphatic hydroxyl groups excluding tert-OH is 1. The normalized spacial score (nSPS) is 23.6. The van der Waals surface area contributed by atoms with Crippen LogP contribution in [0.25, 0.3) is 0 Å². The van der Waals surface area contributed by atoms with Gasteiger partial charge in [-0.2, -0.15) is 0 Å². The standard InChI is InChI=1S/C22H29NO3/c1-23-14-18(12-16-4-8-20(25-2)9-5-16)22(24)19(15-23)13-17-6-10-21(26-3)11-7-17/h4-11,18-19,22,24H,12-15H2,1-3H3/t18-,19+,22?. The Morgan fingerprint density at radius 2 is 1.19 bits per heavy atom. The molecule has 1 aliphatic heterocycles. The van der Waals surface area contributed by atoms with Crippen LogP contribution < -0.4 is 9.47 Å². The Morgan fingerprint density at radius 3 is 1.54 bits per heavy atom. The molecule has 2 aromatic carbocycles. The van der Waals surface area contributed by atoms with Gasteiger partial charge in [0.05, 0.1) is 20.3 Å².